The summed E-state index contributed by atoms with van der Waals surface area (Å²) in [6.45, 7) is 4.46. The van der Waals surface area contributed by atoms with Gasteiger partial charge in [-0.2, -0.15) is 0 Å². The molecule has 1 N–H and O–H groups in total. The molecule has 1 rings (SSSR count). The molecule has 0 saturated heterocycles. The van der Waals surface area contributed by atoms with Crippen LogP contribution in [0, 0.1) is 11.3 Å². The predicted molar refractivity (Wildman–Crippen MR) is 69.4 cm³/mol. The average molecular weight is 284 g/mol. The van der Waals surface area contributed by atoms with Crippen molar-refractivity contribution >= 4 is 17.9 Å². The van der Waals surface area contributed by atoms with Crippen molar-refractivity contribution < 1.29 is 29.0 Å². The van der Waals surface area contributed by atoms with Crippen LogP contribution in [0.3, 0.4) is 0 Å². The van der Waals surface area contributed by atoms with Gasteiger partial charge >= 0.3 is 17.9 Å². The third kappa shape index (κ3) is 3.66. The van der Waals surface area contributed by atoms with Crippen LogP contribution in [-0.2, 0) is 23.9 Å². The van der Waals surface area contributed by atoms with Gasteiger partial charge in [-0.05, 0) is 19.8 Å². The van der Waals surface area contributed by atoms with E-state index in [0.29, 0.717) is 12.8 Å². The van der Waals surface area contributed by atoms with Crippen LogP contribution in [0.4, 0.5) is 0 Å². The standard InChI is InChI=1S/C14H20O6/c1-3-11(16)20-13(18)14(2)7-5-4-6-10(14)12(17)19-9-8-15/h3,10,15H,1,4-9H2,2H3. The van der Waals surface area contributed by atoms with Gasteiger partial charge in [-0.1, -0.05) is 19.4 Å². The Morgan fingerprint density at radius 1 is 1.40 bits per heavy atom. The minimum absolute atomic E-state index is 0.105. The summed E-state index contributed by atoms with van der Waals surface area (Å²) in [4.78, 5) is 35.3. The molecular formula is C14H20O6. The molecule has 0 aromatic rings. The zero-order valence-electron chi connectivity index (χ0n) is 11.6. The van der Waals surface area contributed by atoms with Gasteiger partial charge < -0.3 is 14.6 Å². The maximum atomic E-state index is 12.1. The molecule has 20 heavy (non-hydrogen) atoms. The van der Waals surface area contributed by atoms with Crippen LogP contribution in [-0.4, -0.2) is 36.2 Å². The summed E-state index contributed by atoms with van der Waals surface area (Å²) in [5, 5.41) is 8.68. The van der Waals surface area contributed by atoms with Crippen LogP contribution in [0.5, 0.6) is 0 Å². The summed E-state index contributed by atoms with van der Waals surface area (Å²) in [7, 11) is 0. The highest BCUT2D eigenvalue weighted by atomic mass is 16.6. The maximum Gasteiger partial charge on any atom is 0.337 e. The molecule has 0 amide bonds. The van der Waals surface area contributed by atoms with Gasteiger partial charge in [0.1, 0.15) is 6.61 Å². The summed E-state index contributed by atoms with van der Waals surface area (Å²) in [5.74, 6) is -2.76. The van der Waals surface area contributed by atoms with Gasteiger partial charge in [0.25, 0.3) is 0 Å². The molecule has 112 valence electrons. The Morgan fingerprint density at radius 3 is 2.70 bits per heavy atom. The molecule has 0 heterocycles. The van der Waals surface area contributed by atoms with E-state index in [9.17, 15) is 14.4 Å². The van der Waals surface area contributed by atoms with Crippen LogP contribution in [0.15, 0.2) is 12.7 Å². The van der Waals surface area contributed by atoms with Crippen LogP contribution in [0.25, 0.3) is 0 Å². The first-order valence-electron chi connectivity index (χ1n) is 6.62. The van der Waals surface area contributed by atoms with Crippen molar-refractivity contribution in [1.82, 2.24) is 0 Å². The first-order chi connectivity index (χ1) is 9.45. The number of hydrogen-bond acceptors (Lipinski definition) is 6. The number of esters is 3. The quantitative estimate of drug-likeness (QED) is 0.460. The number of rotatable bonds is 5. The van der Waals surface area contributed by atoms with Crippen molar-refractivity contribution in [3.05, 3.63) is 12.7 Å². The molecule has 0 spiro atoms. The van der Waals surface area contributed by atoms with E-state index < -0.39 is 29.2 Å². The molecule has 1 aliphatic rings. The third-order valence-corrected chi connectivity index (χ3v) is 3.65. The van der Waals surface area contributed by atoms with Gasteiger partial charge in [0.05, 0.1) is 17.9 Å². The van der Waals surface area contributed by atoms with E-state index in [0.717, 1.165) is 18.9 Å². The Balaban J connectivity index is 2.84. The van der Waals surface area contributed by atoms with Crippen LogP contribution in [0.1, 0.15) is 32.6 Å². The molecule has 1 fully saturated rings. The van der Waals surface area contributed by atoms with Crippen molar-refractivity contribution in [2.45, 2.75) is 32.6 Å². The second-order valence-electron chi connectivity index (χ2n) is 5.02. The van der Waals surface area contributed by atoms with Gasteiger partial charge in [-0.3, -0.25) is 9.59 Å². The molecule has 6 heteroatoms. The lowest BCUT2D eigenvalue weighted by Gasteiger charge is -2.37. The Labute approximate surface area is 117 Å². The highest BCUT2D eigenvalue weighted by molar-refractivity contribution is 5.95. The lowest BCUT2D eigenvalue weighted by Crippen LogP contribution is -2.44. The summed E-state index contributed by atoms with van der Waals surface area (Å²) in [5.41, 5.74) is -1.08. The lowest BCUT2D eigenvalue weighted by atomic mass is 9.67. The first kappa shape index (κ1) is 16.4. The Bertz CT molecular complexity index is 402. The fourth-order valence-electron chi connectivity index (χ4n) is 2.45. The average Bonchev–Trinajstić information content (AvgIpc) is 2.44. The van der Waals surface area contributed by atoms with Crippen LogP contribution >= 0.6 is 0 Å². The molecule has 0 aromatic heterocycles. The highest BCUT2D eigenvalue weighted by Gasteiger charge is 2.49. The van der Waals surface area contributed by atoms with Gasteiger partial charge in [0.15, 0.2) is 0 Å². The second-order valence-corrected chi connectivity index (χ2v) is 5.02. The van der Waals surface area contributed by atoms with E-state index >= 15 is 0 Å². The van der Waals surface area contributed by atoms with Gasteiger partial charge in [-0.25, -0.2) is 4.79 Å². The molecule has 0 aromatic carbocycles. The number of carbonyl (C=O) groups excluding carboxylic acids is 3. The van der Waals surface area contributed by atoms with E-state index in [4.69, 9.17) is 9.84 Å². The minimum Gasteiger partial charge on any atom is -0.463 e. The molecular weight excluding hydrogens is 264 g/mol. The topological polar surface area (TPSA) is 89.9 Å². The van der Waals surface area contributed by atoms with E-state index in [1.165, 1.54) is 0 Å². The lowest BCUT2D eigenvalue weighted by molar-refractivity contribution is -0.175. The number of hydrogen-bond donors (Lipinski definition) is 1. The van der Waals surface area contributed by atoms with E-state index in [1.807, 2.05) is 0 Å². The highest BCUT2D eigenvalue weighted by Crippen LogP contribution is 2.42. The maximum absolute atomic E-state index is 12.1. The van der Waals surface area contributed by atoms with Crippen molar-refractivity contribution in [2.24, 2.45) is 11.3 Å². The van der Waals surface area contributed by atoms with Gasteiger partial charge in [-0.15, -0.1) is 0 Å². The smallest absolute Gasteiger partial charge is 0.337 e. The van der Waals surface area contributed by atoms with Crippen molar-refractivity contribution in [2.75, 3.05) is 13.2 Å². The molecule has 2 atom stereocenters. The van der Waals surface area contributed by atoms with Crippen molar-refractivity contribution in [3.63, 3.8) is 0 Å². The molecule has 6 nitrogen and oxygen atoms in total. The predicted octanol–water partition coefficient (Wildman–Crippen LogP) is 0.974. The molecule has 0 bridgehead atoms. The molecule has 0 aliphatic heterocycles. The second kappa shape index (κ2) is 7.19. The van der Waals surface area contributed by atoms with E-state index in [1.54, 1.807) is 6.92 Å². The van der Waals surface area contributed by atoms with Crippen molar-refractivity contribution in [1.29, 1.82) is 0 Å². The van der Waals surface area contributed by atoms with Gasteiger partial charge in [0, 0.05) is 6.08 Å². The molecule has 1 saturated carbocycles. The monoisotopic (exact) mass is 284 g/mol. The van der Waals surface area contributed by atoms with Crippen molar-refractivity contribution in [3.8, 4) is 0 Å². The summed E-state index contributed by atoms with van der Waals surface area (Å²) >= 11 is 0. The van der Waals surface area contributed by atoms with Crippen LogP contribution in [0.2, 0.25) is 0 Å². The summed E-state index contributed by atoms with van der Waals surface area (Å²) in [6.07, 6.45) is 3.44. The summed E-state index contributed by atoms with van der Waals surface area (Å²) in [6, 6.07) is 0. The Hall–Kier alpha value is -1.69. The molecule has 0 radical (unpaired) electrons. The normalized spacial score (nSPS) is 25.6. The molecule has 1 aliphatic carbocycles. The summed E-state index contributed by atoms with van der Waals surface area (Å²) < 4.78 is 9.58. The number of aliphatic hydroxyl groups is 1. The zero-order valence-corrected chi connectivity index (χ0v) is 11.6. The van der Waals surface area contributed by atoms with E-state index in [2.05, 4.69) is 11.3 Å². The number of ether oxygens (including phenoxy) is 2. The largest absolute Gasteiger partial charge is 0.463 e. The third-order valence-electron chi connectivity index (χ3n) is 3.65. The molecule has 2 unspecified atom stereocenters. The number of aliphatic hydroxyl groups excluding tert-OH is 1. The van der Waals surface area contributed by atoms with Crippen LogP contribution < -0.4 is 0 Å². The Kier molecular flexibility index (Phi) is 5.88. The minimum atomic E-state index is -1.08. The number of carbonyl (C=O) groups is 3. The van der Waals surface area contributed by atoms with E-state index in [-0.39, 0.29) is 13.2 Å². The van der Waals surface area contributed by atoms with Gasteiger partial charge in [0.2, 0.25) is 0 Å². The fourth-order valence-corrected chi connectivity index (χ4v) is 2.45. The first-order valence-corrected chi connectivity index (χ1v) is 6.62. The Morgan fingerprint density at radius 2 is 2.10 bits per heavy atom. The SMILES string of the molecule is C=CC(=O)OC(=O)C1(C)CCCCC1C(=O)OCCO. The fraction of sp³-hybridized carbons (Fsp3) is 0.643. The zero-order chi connectivity index (χ0) is 15.2.